The SMILES string of the molecule is Cn1cc(NC(=O)c2cnn3ccc(N4C[C@H]5C[C@@H]4CO5)nc23)c(Cl)n1. The highest BCUT2D eigenvalue weighted by molar-refractivity contribution is 6.32. The van der Waals surface area contributed by atoms with Crippen molar-refractivity contribution in [2.24, 2.45) is 7.05 Å². The minimum atomic E-state index is -0.328. The van der Waals surface area contributed by atoms with Crippen LogP contribution in [0.3, 0.4) is 0 Å². The minimum absolute atomic E-state index is 0.235. The number of anilines is 2. The molecule has 10 heteroatoms. The molecule has 2 atom stereocenters. The van der Waals surface area contributed by atoms with Crippen molar-refractivity contribution in [1.29, 1.82) is 0 Å². The van der Waals surface area contributed by atoms with Gasteiger partial charge in [0.15, 0.2) is 10.8 Å². The summed E-state index contributed by atoms with van der Waals surface area (Å²) in [6.45, 7) is 1.55. The van der Waals surface area contributed by atoms with E-state index < -0.39 is 0 Å². The Balaban J connectivity index is 1.47. The van der Waals surface area contributed by atoms with Gasteiger partial charge in [-0.1, -0.05) is 11.6 Å². The molecule has 2 fully saturated rings. The Hall–Kier alpha value is -2.65. The summed E-state index contributed by atoms with van der Waals surface area (Å²) >= 11 is 6.01. The minimum Gasteiger partial charge on any atom is -0.374 e. The van der Waals surface area contributed by atoms with Gasteiger partial charge in [0.1, 0.15) is 11.4 Å². The lowest BCUT2D eigenvalue weighted by molar-refractivity contribution is 0.0988. The number of nitrogens with one attached hydrogen (secondary N) is 1. The van der Waals surface area contributed by atoms with Crippen molar-refractivity contribution in [2.45, 2.75) is 18.6 Å². The van der Waals surface area contributed by atoms with Crippen LogP contribution < -0.4 is 10.2 Å². The van der Waals surface area contributed by atoms with Crippen LogP contribution in [0.15, 0.2) is 24.7 Å². The molecule has 0 spiro atoms. The van der Waals surface area contributed by atoms with E-state index in [1.807, 2.05) is 12.3 Å². The lowest BCUT2D eigenvalue weighted by Crippen LogP contribution is -2.37. The molecule has 1 N–H and O–H groups in total. The molecule has 0 aromatic carbocycles. The molecule has 5 heterocycles. The molecule has 5 rings (SSSR count). The average molecular weight is 374 g/mol. The number of carbonyl (C=O) groups excluding carboxylic acids is 1. The Labute approximate surface area is 153 Å². The third-order valence-corrected chi connectivity index (χ3v) is 5.10. The fraction of sp³-hybridized carbons (Fsp3) is 0.375. The van der Waals surface area contributed by atoms with E-state index in [9.17, 15) is 4.79 Å². The van der Waals surface area contributed by atoms with Crippen molar-refractivity contribution in [2.75, 3.05) is 23.4 Å². The van der Waals surface area contributed by atoms with Crippen molar-refractivity contribution in [3.8, 4) is 0 Å². The van der Waals surface area contributed by atoms with Gasteiger partial charge in [-0.15, -0.1) is 0 Å². The van der Waals surface area contributed by atoms with Gasteiger partial charge in [-0.25, -0.2) is 9.50 Å². The van der Waals surface area contributed by atoms with Crippen LogP contribution in [-0.2, 0) is 11.8 Å². The highest BCUT2D eigenvalue weighted by atomic mass is 35.5. The predicted molar refractivity (Wildman–Crippen MR) is 94.6 cm³/mol. The van der Waals surface area contributed by atoms with Crippen LogP contribution in [0.5, 0.6) is 0 Å². The van der Waals surface area contributed by atoms with Gasteiger partial charge in [-0.05, 0) is 12.5 Å². The molecule has 134 valence electrons. The summed E-state index contributed by atoms with van der Waals surface area (Å²) in [6, 6.07) is 2.27. The molecule has 0 saturated carbocycles. The van der Waals surface area contributed by atoms with E-state index in [1.165, 1.54) is 10.9 Å². The molecule has 0 unspecified atom stereocenters. The Kier molecular flexibility index (Phi) is 3.41. The van der Waals surface area contributed by atoms with E-state index >= 15 is 0 Å². The first-order valence-corrected chi connectivity index (χ1v) is 8.69. The first kappa shape index (κ1) is 15.6. The standard InChI is InChI=1S/C16H16ClN7O2/c1-22-7-12(14(17)21-22)19-16(25)11-5-18-24-3-2-13(20-15(11)24)23-6-10-4-9(23)8-26-10/h2-3,5,7,9-10H,4,6,8H2,1H3,(H,19,25)/t9-,10-/m1/s1. The summed E-state index contributed by atoms with van der Waals surface area (Å²) in [5.41, 5.74) is 1.33. The Morgan fingerprint density at radius 1 is 1.46 bits per heavy atom. The quantitative estimate of drug-likeness (QED) is 0.745. The molecule has 1 amide bonds. The van der Waals surface area contributed by atoms with Crippen molar-refractivity contribution < 1.29 is 9.53 Å². The fourth-order valence-electron chi connectivity index (χ4n) is 3.59. The van der Waals surface area contributed by atoms with Crippen LogP contribution in [0.1, 0.15) is 16.8 Å². The molecular formula is C16H16ClN7O2. The lowest BCUT2D eigenvalue weighted by Gasteiger charge is -2.27. The Bertz CT molecular complexity index is 1010. The summed E-state index contributed by atoms with van der Waals surface area (Å²) in [6.07, 6.45) is 6.27. The monoisotopic (exact) mass is 373 g/mol. The van der Waals surface area contributed by atoms with Crippen LogP contribution in [-0.4, -0.2) is 55.6 Å². The third-order valence-electron chi connectivity index (χ3n) is 4.83. The molecule has 0 radical (unpaired) electrons. The molecule has 3 aromatic heterocycles. The predicted octanol–water partition coefficient (Wildman–Crippen LogP) is 1.35. The molecule has 9 nitrogen and oxygen atoms in total. The third kappa shape index (κ3) is 2.43. The van der Waals surface area contributed by atoms with Gasteiger partial charge in [0, 0.05) is 26.0 Å². The number of halogens is 1. The molecule has 3 aromatic rings. The first-order chi connectivity index (χ1) is 12.6. The maximum absolute atomic E-state index is 12.7. The van der Waals surface area contributed by atoms with Gasteiger partial charge in [0.05, 0.1) is 30.6 Å². The van der Waals surface area contributed by atoms with E-state index in [1.54, 1.807) is 17.8 Å². The van der Waals surface area contributed by atoms with Gasteiger partial charge >= 0.3 is 0 Å². The number of fused-ring (bicyclic) bond motifs is 3. The summed E-state index contributed by atoms with van der Waals surface area (Å²) < 4.78 is 8.77. The number of nitrogens with zero attached hydrogens (tertiary/aromatic N) is 6. The number of carbonyl (C=O) groups is 1. The zero-order valence-corrected chi connectivity index (χ0v) is 14.7. The molecule has 2 aliphatic rings. The summed E-state index contributed by atoms with van der Waals surface area (Å²) in [5, 5.41) is 11.2. The number of hydrogen-bond acceptors (Lipinski definition) is 6. The highest BCUT2D eigenvalue weighted by Gasteiger charge is 2.39. The normalized spacial score (nSPS) is 21.7. The van der Waals surface area contributed by atoms with Gasteiger partial charge in [0.2, 0.25) is 0 Å². The number of aromatic nitrogens is 5. The first-order valence-electron chi connectivity index (χ1n) is 8.31. The van der Waals surface area contributed by atoms with E-state index in [0.717, 1.165) is 25.4 Å². The fourth-order valence-corrected chi connectivity index (χ4v) is 3.81. The van der Waals surface area contributed by atoms with Crippen LogP contribution in [0.4, 0.5) is 11.5 Å². The highest BCUT2D eigenvalue weighted by Crippen LogP contribution is 2.31. The number of ether oxygens (including phenoxy) is 1. The molecule has 2 bridgehead atoms. The molecule has 2 aliphatic heterocycles. The second kappa shape index (κ2) is 5.68. The van der Waals surface area contributed by atoms with E-state index in [4.69, 9.17) is 16.3 Å². The van der Waals surface area contributed by atoms with E-state index in [2.05, 4.69) is 25.4 Å². The van der Waals surface area contributed by atoms with Gasteiger partial charge in [0.25, 0.3) is 5.91 Å². The zero-order chi connectivity index (χ0) is 17.8. The number of rotatable bonds is 3. The zero-order valence-electron chi connectivity index (χ0n) is 14.0. The molecule has 26 heavy (non-hydrogen) atoms. The van der Waals surface area contributed by atoms with Crippen LogP contribution in [0, 0.1) is 0 Å². The van der Waals surface area contributed by atoms with Crippen LogP contribution in [0.2, 0.25) is 5.15 Å². The van der Waals surface area contributed by atoms with Crippen LogP contribution in [0.25, 0.3) is 5.65 Å². The lowest BCUT2D eigenvalue weighted by atomic mass is 10.2. The Morgan fingerprint density at radius 2 is 2.35 bits per heavy atom. The maximum atomic E-state index is 12.7. The molecule has 0 aliphatic carbocycles. The van der Waals surface area contributed by atoms with Crippen molar-refractivity contribution in [1.82, 2.24) is 24.4 Å². The van der Waals surface area contributed by atoms with E-state index in [0.29, 0.717) is 22.9 Å². The summed E-state index contributed by atoms with van der Waals surface area (Å²) in [7, 11) is 1.73. The van der Waals surface area contributed by atoms with Crippen molar-refractivity contribution >= 4 is 34.7 Å². The maximum Gasteiger partial charge on any atom is 0.261 e. The van der Waals surface area contributed by atoms with Gasteiger partial charge < -0.3 is 15.0 Å². The molecular weight excluding hydrogens is 358 g/mol. The second-order valence-corrected chi connectivity index (χ2v) is 6.93. The largest absolute Gasteiger partial charge is 0.374 e. The van der Waals surface area contributed by atoms with Crippen molar-refractivity contribution in [3.05, 3.63) is 35.4 Å². The smallest absolute Gasteiger partial charge is 0.261 e. The summed E-state index contributed by atoms with van der Waals surface area (Å²) in [4.78, 5) is 19.6. The number of aryl methyl sites for hydroxylation is 1. The van der Waals surface area contributed by atoms with Gasteiger partial charge in [-0.2, -0.15) is 10.2 Å². The second-order valence-electron chi connectivity index (χ2n) is 6.57. The number of amides is 1. The number of morpholine rings is 1. The summed E-state index contributed by atoms with van der Waals surface area (Å²) in [5.74, 6) is 0.507. The van der Waals surface area contributed by atoms with E-state index in [-0.39, 0.29) is 17.2 Å². The van der Waals surface area contributed by atoms with Crippen molar-refractivity contribution in [3.63, 3.8) is 0 Å². The Morgan fingerprint density at radius 3 is 3.04 bits per heavy atom. The van der Waals surface area contributed by atoms with Gasteiger partial charge in [-0.3, -0.25) is 9.48 Å². The average Bonchev–Trinajstić information content (AvgIpc) is 3.38. The molecule has 2 saturated heterocycles. The number of hydrogen-bond donors (Lipinski definition) is 1. The topological polar surface area (TPSA) is 89.6 Å². The van der Waals surface area contributed by atoms with Crippen LogP contribution >= 0.6 is 11.6 Å².